The molecule has 198 valence electrons. The van der Waals surface area contributed by atoms with Crippen LogP contribution in [0.1, 0.15) is 88.9 Å². The van der Waals surface area contributed by atoms with Gasteiger partial charge in [-0.05, 0) is 123 Å². The Balaban J connectivity index is 1.92. The summed E-state index contributed by atoms with van der Waals surface area (Å²) in [7, 11) is 0. The van der Waals surface area contributed by atoms with Gasteiger partial charge in [-0.25, -0.2) is 0 Å². The quantitative estimate of drug-likeness (QED) is 0.284. The fourth-order valence-electron chi connectivity index (χ4n) is 6.07. The summed E-state index contributed by atoms with van der Waals surface area (Å²) in [6, 6.07) is 2.15. The maximum Gasteiger partial charge on any atom is 0.303 e. The van der Waals surface area contributed by atoms with E-state index in [0.717, 1.165) is 62.7 Å². The van der Waals surface area contributed by atoms with E-state index in [0.29, 0.717) is 6.42 Å². The van der Waals surface area contributed by atoms with Crippen LogP contribution in [0, 0.1) is 27.7 Å². The first-order chi connectivity index (χ1) is 18.1. The molecule has 1 aliphatic heterocycles. The summed E-state index contributed by atoms with van der Waals surface area (Å²) in [6.45, 7) is 15.2. The van der Waals surface area contributed by atoms with Crippen LogP contribution in [0.3, 0.4) is 0 Å². The SMILES string of the molecule is CCc1c2[nH]c(c1C)C(C)=c1[nH]c(c(C)c1CC)=Cc1[nH]c(c(CCC(=O)O)c1C)C=c1cc(C)c([nH]1)=C2. The minimum Gasteiger partial charge on any atom is -0.481 e. The smallest absolute Gasteiger partial charge is 0.303 e. The average Bonchev–Trinajstić information content (AvgIpc) is 3.56. The lowest BCUT2D eigenvalue weighted by Gasteiger charge is -2.03. The molecule has 4 aromatic rings. The molecule has 6 heteroatoms. The van der Waals surface area contributed by atoms with Crippen molar-refractivity contribution in [3.8, 4) is 0 Å². The van der Waals surface area contributed by atoms with Crippen LogP contribution in [0.25, 0.3) is 23.8 Å². The van der Waals surface area contributed by atoms with E-state index >= 15 is 0 Å². The summed E-state index contributed by atoms with van der Waals surface area (Å²) in [5.74, 6) is -0.788. The fraction of sp³-hybridized carbons (Fsp3) is 0.344. The number of carboxylic acids is 1. The van der Waals surface area contributed by atoms with Crippen LogP contribution in [0.5, 0.6) is 0 Å². The Bertz CT molecular complexity index is 1820. The molecule has 5 heterocycles. The molecular weight excluding hydrogens is 472 g/mol. The minimum atomic E-state index is -0.788. The van der Waals surface area contributed by atoms with Crippen molar-refractivity contribution in [1.82, 2.24) is 19.9 Å². The Morgan fingerprint density at radius 2 is 1.42 bits per heavy atom. The van der Waals surface area contributed by atoms with Gasteiger partial charge in [0.1, 0.15) is 0 Å². The van der Waals surface area contributed by atoms with Crippen LogP contribution >= 0.6 is 0 Å². The zero-order valence-corrected chi connectivity index (χ0v) is 23.5. The lowest BCUT2D eigenvalue weighted by atomic mass is 10.0. The Hall–Kier alpha value is -3.93. The number of hydrogen-bond acceptors (Lipinski definition) is 1. The predicted molar refractivity (Wildman–Crippen MR) is 154 cm³/mol. The van der Waals surface area contributed by atoms with Crippen LogP contribution in [0.15, 0.2) is 6.07 Å². The number of hydrogen-bond donors (Lipinski definition) is 5. The van der Waals surface area contributed by atoms with E-state index < -0.39 is 5.97 Å². The van der Waals surface area contributed by atoms with Gasteiger partial charge in [-0.15, -0.1) is 0 Å². The molecule has 0 saturated heterocycles. The van der Waals surface area contributed by atoms with Crippen molar-refractivity contribution < 1.29 is 9.90 Å². The number of carbonyl (C=O) groups is 1. The van der Waals surface area contributed by atoms with E-state index in [4.69, 9.17) is 0 Å². The van der Waals surface area contributed by atoms with E-state index in [1.807, 2.05) is 0 Å². The molecule has 0 amide bonds. The Morgan fingerprint density at radius 1 is 0.737 bits per heavy atom. The van der Waals surface area contributed by atoms with Gasteiger partial charge in [0.25, 0.3) is 0 Å². The number of aliphatic carboxylic acids is 1. The highest BCUT2D eigenvalue weighted by atomic mass is 16.4. The van der Waals surface area contributed by atoms with E-state index in [9.17, 15) is 9.90 Å². The molecule has 0 atom stereocenters. The number of nitrogens with one attached hydrogen (secondary N) is 4. The molecule has 1 aliphatic rings. The molecule has 8 bridgehead atoms. The number of H-pyrrole nitrogens is 4. The molecule has 0 fully saturated rings. The van der Waals surface area contributed by atoms with Crippen molar-refractivity contribution in [2.24, 2.45) is 0 Å². The van der Waals surface area contributed by atoms with Gasteiger partial charge in [0.2, 0.25) is 0 Å². The van der Waals surface area contributed by atoms with Crippen molar-refractivity contribution in [3.05, 3.63) is 89.2 Å². The highest BCUT2D eigenvalue weighted by Crippen LogP contribution is 2.25. The first-order valence-corrected chi connectivity index (χ1v) is 13.6. The lowest BCUT2D eigenvalue weighted by molar-refractivity contribution is -0.136. The monoisotopic (exact) mass is 510 g/mol. The third-order valence-electron chi connectivity index (χ3n) is 8.28. The van der Waals surface area contributed by atoms with E-state index in [2.05, 4.69) is 92.7 Å². The Morgan fingerprint density at radius 3 is 2.11 bits per heavy atom. The van der Waals surface area contributed by atoms with Gasteiger partial charge < -0.3 is 25.0 Å². The van der Waals surface area contributed by atoms with Gasteiger partial charge in [0, 0.05) is 50.6 Å². The van der Waals surface area contributed by atoms with Crippen molar-refractivity contribution in [1.29, 1.82) is 0 Å². The molecule has 4 aromatic heterocycles. The largest absolute Gasteiger partial charge is 0.481 e. The second-order valence-electron chi connectivity index (χ2n) is 10.6. The summed E-state index contributed by atoms with van der Waals surface area (Å²) < 4.78 is 0. The highest BCUT2D eigenvalue weighted by Gasteiger charge is 2.17. The zero-order valence-electron chi connectivity index (χ0n) is 23.5. The summed E-state index contributed by atoms with van der Waals surface area (Å²) in [4.78, 5) is 26.1. The molecule has 0 radical (unpaired) electrons. The summed E-state index contributed by atoms with van der Waals surface area (Å²) in [5, 5.41) is 13.7. The molecule has 0 aliphatic carbocycles. The van der Waals surface area contributed by atoms with Gasteiger partial charge in [-0.3, -0.25) is 4.79 Å². The second-order valence-corrected chi connectivity index (χ2v) is 10.6. The average molecular weight is 511 g/mol. The van der Waals surface area contributed by atoms with Gasteiger partial charge in [-0.1, -0.05) is 13.8 Å². The number of rotatable bonds is 5. The van der Waals surface area contributed by atoms with Crippen LogP contribution < -0.4 is 21.4 Å². The predicted octanol–water partition coefficient (Wildman–Crippen LogP) is 3.39. The van der Waals surface area contributed by atoms with Gasteiger partial charge in [0.15, 0.2) is 0 Å². The Kier molecular flexibility index (Phi) is 6.59. The number of aromatic nitrogens is 4. The van der Waals surface area contributed by atoms with Gasteiger partial charge >= 0.3 is 5.97 Å². The molecule has 5 rings (SSSR count). The maximum atomic E-state index is 11.4. The van der Waals surface area contributed by atoms with Crippen LogP contribution in [0.4, 0.5) is 0 Å². The lowest BCUT2D eigenvalue weighted by Crippen LogP contribution is -2.16. The van der Waals surface area contributed by atoms with Crippen LogP contribution in [-0.4, -0.2) is 31.0 Å². The second kappa shape index (κ2) is 9.75. The minimum absolute atomic E-state index is 0.0929. The van der Waals surface area contributed by atoms with Gasteiger partial charge in [0.05, 0.1) is 0 Å². The van der Waals surface area contributed by atoms with Crippen LogP contribution in [-0.2, 0) is 24.1 Å². The van der Waals surface area contributed by atoms with Crippen molar-refractivity contribution >= 4 is 29.8 Å². The highest BCUT2D eigenvalue weighted by molar-refractivity contribution is 5.71. The molecule has 5 N–H and O–H groups in total. The maximum absolute atomic E-state index is 11.4. The molecule has 0 unspecified atom stereocenters. The molecular formula is C32H38N4O2. The molecule has 6 nitrogen and oxygen atoms in total. The molecule has 0 spiro atoms. The van der Waals surface area contributed by atoms with Crippen molar-refractivity contribution in [3.63, 3.8) is 0 Å². The normalized spacial score (nSPS) is 12.8. The molecule has 0 saturated carbocycles. The third-order valence-corrected chi connectivity index (χ3v) is 8.28. The first-order valence-electron chi connectivity index (χ1n) is 13.6. The number of fused-ring (bicyclic) bond motifs is 8. The fourth-order valence-corrected chi connectivity index (χ4v) is 6.07. The first kappa shape index (κ1) is 25.7. The summed E-state index contributed by atoms with van der Waals surface area (Å²) in [6.07, 6.45) is 8.94. The third kappa shape index (κ3) is 4.28. The van der Waals surface area contributed by atoms with Gasteiger partial charge in [-0.2, -0.15) is 0 Å². The molecule has 0 aromatic carbocycles. The zero-order chi connectivity index (χ0) is 27.3. The molecule has 38 heavy (non-hydrogen) atoms. The van der Waals surface area contributed by atoms with Crippen molar-refractivity contribution in [2.45, 2.75) is 74.1 Å². The summed E-state index contributed by atoms with van der Waals surface area (Å²) in [5.41, 5.74) is 14.0. The number of aryl methyl sites for hydroxylation is 1. The van der Waals surface area contributed by atoms with E-state index in [1.165, 1.54) is 38.9 Å². The number of aromatic amines is 4. The summed E-state index contributed by atoms with van der Waals surface area (Å²) >= 11 is 0. The van der Waals surface area contributed by atoms with Crippen LogP contribution in [0.2, 0.25) is 0 Å². The van der Waals surface area contributed by atoms with E-state index in [-0.39, 0.29) is 6.42 Å². The van der Waals surface area contributed by atoms with E-state index in [1.54, 1.807) is 0 Å². The topological polar surface area (TPSA) is 100 Å². The number of carboxylic acid groups (broad SMARTS) is 1. The van der Waals surface area contributed by atoms with Crippen molar-refractivity contribution in [2.75, 3.05) is 0 Å². The standard InChI is InChI=1S/C32H38N4O2/c1-8-22-19(6)31-20(7)32-23(9-2)17(4)27(35-32)15-26-18(5)24(10-11-30(37)38)28(34-26)13-21-12-16(3)25(33-21)14-29(22)36-31/h12-15,33-36H,8-11H2,1-7H3,(H,37,38). The Labute approximate surface area is 222 Å².